The van der Waals surface area contributed by atoms with E-state index in [-0.39, 0.29) is 60.9 Å². The van der Waals surface area contributed by atoms with Gasteiger partial charge in [-0.2, -0.15) is 0 Å². The zero-order chi connectivity index (χ0) is 63.4. The van der Waals surface area contributed by atoms with Crippen molar-refractivity contribution < 1.29 is 127 Å². The van der Waals surface area contributed by atoms with Gasteiger partial charge in [-0.3, -0.25) is 9.59 Å². The van der Waals surface area contributed by atoms with Crippen LogP contribution in [0.2, 0.25) is 0 Å². The molecule has 9 fully saturated rings. The Hall–Kier alpha value is -1.94. The number of aliphatic hydroxyl groups is 9. The molecule has 87 heavy (non-hydrogen) atoms. The van der Waals surface area contributed by atoms with Gasteiger partial charge in [0.05, 0.1) is 72.9 Å². The normalized spacial score (nSPS) is 50.9. The fourth-order valence-corrected chi connectivity index (χ4v) is 16.8. The lowest BCUT2D eigenvalue weighted by Crippen LogP contribution is -2.72. The molecule has 5 heterocycles. The van der Waals surface area contributed by atoms with Gasteiger partial charge in [0.1, 0.15) is 85.0 Å². The van der Waals surface area contributed by atoms with Crippen molar-refractivity contribution in [3.8, 4) is 0 Å². The molecular weight excluding hydrogens is 1150 g/mol. The molecule has 26 heteroatoms. The summed E-state index contributed by atoms with van der Waals surface area (Å²) >= 11 is 0. The van der Waals surface area contributed by atoms with Crippen LogP contribution in [0.25, 0.3) is 0 Å². The molecule has 0 aromatic rings. The molecule has 0 radical (unpaired) electrons. The highest BCUT2D eigenvalue weighted by molar-refractivity contribution is 5.72. The molecule has 0 amide bonds. The van der Waals surface area contributed by atoms with Gasteiger partial charge in [-0.05, 0) is 109 Å². The van der Waals surface area contributed by atoms with E-state index in [1.165, 1.54) is 14.0 Å². The SMILES string of the molecule is CCC(C)C(=O)O[C@@H](C)[C@]1(O)CC[C@]2(O)[C@@H]3CC[C@H]4C[C@@H](O[C@H]5C[C@H](OC)[C@H](O[C@H]6C[C@H](OC)[C@H](O[C@H]7C[C@@H](OC)[C@H](O[C@@H]8O[C@H](CO)[C@@H](O[C@@H]9O[C@H](CO)[C@@H](O)[C@H](O)[C@H]9O)[C@H](O)[C@H]8O)[C@@H](C)O7)[C@@H](C)O6)[C@@H](C)O5)CC[C@]4(C)[C@H]3C[C@@H](OC(C)=O)[C@]12C. The van der Waals surface area contributed by atoms with Crippen molar-refractivity contribution in [2.75, 3.05) is 34.5 Å². The molecule has 26 nitrogen and oxygen atoms in total. The topological polar surface area (TPSA) is 355 Å². The van der Waals surface area contributed by atoms with E-state index >= 15 is 0 Å². The number of ether oxygens (including phenoxy) is 15. The second-order valence-electron chi connectivity index (χ2n) is 26.9. The molecular formula is C61H102O26. The molecule has 0 aromatic carbocycles. The summed E-state index contributed by atoms with van der Waals surface area (Å²) in [5.41, 5.74) is -4.54. The van der Waals surface area contributed by atoms with Crippen LogP contribution in [0, 0.1) is 34.5 Å². The van der Waals surface area contributed by atoms with Crippen molar-refractivity contribution in [1.82, 2.24) is 0 Å². The zero-order valence-corrected chi connectivity index (χ0v) is 52.6. The van der Waals surface area contributed by atoms with E-state index in [1.54, 1.807) is 35.0 Å². The summed E-state index contributed by atoms with van der Waals surface area (Å²) in [6, 6.07) is 0. The third-order valence-corrected chi connectivity index (χ3v) is 22.3. The van der Waals surface area contributed by atoms with Gasteiger partial charge in [-0.15, -0.1) is 0 Å². The van der Waals surface area contributed by atoms with E-state index in [0.29, 0.717) is 19.3 Å². The van der Waals surface area contributed by atoms with Crippen molar-refractivity contribution >= 4 is 11.9 Å². The average Bonchev–Trinajstić information content (AvgIpc) is 1.61. The van der Waals surface area contributed by atoms with Crippen LogP contribution in [0.5, 0.6) is 0 Å². The Labute approximate surface area is 510 Å². The average molecular weight is 1250 g/mol. The van der Waals surface area contributed by atoms with Crippen LogP contribution < -0.4 is 0 Å². The first kappa shape index (κ1) is 69.4. The van der Waals surface area contributed by atoms with Crippen molar-refractivity contribution in [2.45, 2.75) is 304 Å². The van der Waals surface area contributed by atoms with Crippen molar-refractivity contribution in [3.05, 3.63) is 0 Å². The van der Waals surface area contributed by atoms with E-state index in [1.807, 2.05) is 27.7 Å². The molecule has 0 aromatic heterocycles. The number of carbonyl (C=O) groups excluding carboxylic acids is 2. The molecule has 9 N–H and O–H groups in total. The number of esters is 2. The minimum absolute atomic E-state index is 0.00862. The monoisotopic (exact) mass is 1250 g/mol. The van der Waals surface area contributed by atoms with Gasteiger partial charge >= 0.3 is 11.9 Å². The maximum Gasteiger partial charge on any atom is 0.309 e. The third-order valence-electron chi connectivity index (χ3n) is 22.3. The molecule has 0 spiro atoms. The number of hydrogen-bond donors (Lipinski definition) is 9. The van der Waals surface area contributed by atoms with Gasteiger partial charge < -0.3 is 117 Å². The summed E-state index contributed by atoms with van der Waals surface area (Å²) in [7, 11) is 4.70. The molecule has 9 rings (SSSR count). The summed E-state index contributed by atoms with van der Waals surface area (Å²) < 4.78 is 92.8. The fraction of sp³-hybridized carbons (Fsp3) is 0.967. The highest BCUT2D eigenvalue weighted by atomic mass is 16.8. The maximum absolute atomic E-state index is 13.1. The summed E-state index contributed by atoms with van der Waals surface area (Å²) in [6.07, 6.45) is -19.4. The maximum atomic E-state index is 13.1. The van der Waals surface area contributed by atoms with E-state index < -0.39 is 189 Å². The number of methoxy groups -OCH3 is 3. The molecule has 5 aliphatic heterocycles. The minimum atomic E-state index is -1.82. The molecule has 1 unspecified atom stereocenters. The summed E-state index contributed by atoms with van der Waals surface area (Å²) in [5, 5.41) is 99.2. The second kappa shape index (κ2) is 27.9. The summed E-state index contributed by atoms with van der Waals surface area (Å²) in [5.74, 6) is -1.19. The van der Waals surface area contributed by atoms with E-state index in [2.05, 4.69) is 6.92 Å². The Morgan fingerprint density at radius 2 is 1.08 bits per heavy atom. The molecule has 9 aliphatic rings. The lowest BCUT2D eigenvalue weighted by molar-refractivity contribution is -0.376. The van der Waals surface area contributed by atoms with Crippen LogP contribution in [0.15, 0.2) is 0 Å². The third kappa shape index (κ3) is 13.1. The Bertz CT molecular complexity index is 2270. The van der Waals surface area contributed by atoms with Gasteiger partial charge in [-0.1, -0.05) is 27.7 Å². The highest BCUT2D eigenvalue weighted by Crippen LogP contribution is 2.71. The zero-order valence-electron chi connectivity index (χ0n) is 52.6. The van der Waals surface area contributed by atoms with Crippen LogP contribution in [-0.2, 0) is 80.6 Å². The molecule has 33 atom stereocenters. The number of fused-ring (bicyclic) bond motifs is 5. The predicted octanol–water partition coefficient (Wildman–Crippen LogP) is 1.01. The van der Waals surface area contributed by atoms with Crippen LogP contribution in [0.3, 0.4) is 0 Å². The molecule has 4 aliphatic carbocycles. The number of rotatable bonds is 20. The Kier molecular flexibility index (Phi) is 22.3. The largest absolute Gasteiger partial charge is 0.462 e. The van der Waals surface area contributed by atoms with Crippen LogP contribution in [0.1, 0.15) is 139 Å². The first-order valence-corrected chi connectivity index (χ1v) is 31.7. The van der Waals surface area contributed by atoms with Crippen LogP contribution in [-0.4, -0.2) is 257 Å². The van der Waals surface area contributed by atoms with Crippen molar-refractivity contribution in [1.29, 1.82) is 0 Å². The van der Waals surface area contributed by atoms with Crippen molar-refractivity contribution in [3.63, 3.8) is 0 Å². The summed E-state index contributed by atoms with van der Waals surface area (Å²) in [6.45, 7) is 14.9. The lowest BCUT2D eigenvalue weighted by Gasteiger charge is -2.66. The number of hydrogen-bond acceptors (Lipinski definition) is 26. The smallest absolute Gasteiger partial charge is 0.309 e. The standard InChI is InChI=1S/C61H102O26/c1-13-27(2)55(70)79-31(6)60(71)18-19-61(72)35-15-14-33-20-34(16-17-58(33,8)36(35)21-42(59(60,61)9)80-32(7)64)81-43-22-37(73-10)51(28(3)76-43)84-44-23-38(74-11)52(29(4)77-44)85-45-24-39(75-12)53(30(5)78-45)86-57-50(69)48(67)54(41(26-63)83-57)87-56-49(68)47(66)46(65)40(25-62)82-56/h27-31,33-54,56-57,62-63,65-69,71-72H,13-26H2,1-12H3/t27?,28-,29-,30-,31+,33+,34+,35-,36+,37+,38+,39-,40-,41-,42-,43+,44+,45+,46-,47+,48-,49-,50-,51-,52-,53-,54-,56+,57+,58+,59-,60-,61+/m1/s1. The first-order valence-electron chi connectivity index (χ1n) is 31.7. The summed E-state index contributed by atoms with van der Waals surface area (Å²) in [4.78, 5) is 25.9. The van der Waals surface area contributed by atoms with Crippen LogP contribution >= 0.6 is 0 Å². The van der Waals surface area contributed by atoms with Crippen molar-refractivity contribution in [2.24, 2.45) is 34.5 Å². The Balaban J connectivity index is 0.765. The van der Waals surface area contributed by atoms with Gasteiger partial charge in [-0.25, -0.2) is 0 Å². The van der Waals surface area contributed by atoms with E-state index in [0.717, 1.165) is 32.1 Å². The molecule has 0 bridgehead atoms. The first-order chi connectivity index (χ1) is 41.1. The highest BCUT2D eigenvalue weighted by Gasteiger charge is 2.77. The van der Waals surface area contributed by atoms with Gasteiger partial charge in [0.2, 0.25) is 0 Å². The number of carbonyl (C=O) groups is 2. The lowest BCUT2D eigenvalue weighted by atomic mass is 9.42. The molecule has 5 saturated heterocycles. The quantitative estimate of drug-likeness (QED) is 0.0607. The van der Waals surface area contributed by atoms with Gasteiger partial charge in [0, 0.05) is 47.5 Å². The van der Waals surface area contributed by atoms with E-state index in [4.69, 9.17) is 71.1 Å². The Morgan fingerprint density at radius 1 is 0.575 bits per heavy atom. The van der Waals surface area contributed by atoms with Gasteiger partial charge in [0.15, 0.2) is 31.5 Å². The minimum Gasteiger partial charge on any atom is -0.462 e. The predicted molar refractivity (Wildman–Crippen MR) is 299 cm³/mol. The van der Waals surface area contributed by atoms with Crippen LogP contribution in [0.4, 0.5) is 0 Å². The Morgan fingerprint density at radius 3 is 1.60 bits per heavy atom. The molecule has 502 valence electrons. The second-order valence-corrected chi connectivity index (χ2v) is 26.9. The fourth-order valence-electron chi connectivity index (χ4n) is 16.8. The molecule has 4 saturated carbocycles. The van der Waals surface area contributed by atoms with Gasteiger partial charge in [0.25, 0.3) is 0 Å². The number of aliphatic hydroxyl groups excluding tert-OH is 7. The van der Waals surface area contributed by atoms with E-state index in [9.17, 15) is 55.5 Å².